The van der Waals surface area contributed by atoms with Crippen LogP contribution in [0.2, 0.25) is 0 Å². The number of rotatable bonds is 19. The average Bonchev–Trinajstić information content (AvgIpc) is 1.65. The highest BCUT2D eigenvalue weighted by atomic mass is 19.4. The van der Waals surface area contributed by atoms with Crippen molar-refractivity contribution < 1.29 is 105 Å². The fraction of sp³-hybridized carbons (Fsp3) is 0.217. The Kier molecular flexibility index (Phi) is 30.9. The number of carbonyl (C=O) groups excluding carboxylic acids is 4. The number of aromatic amines is 3. The number of aromatic nitrogens is 20. The molecule has 0 saturated heterocycles. The van der Waals surface area contributed by atoms with E-state index in [4.69, 9.17) is 18.9 Å². The Morgan fingerprint density at radius 2 is 0.735 bits per heavy atom. The molecule has 0 radical (unpaired) electrons. The van der Waals surface area contributed by atoms with Gasteiger partial charge in [-0.05, 0) is 104 Å². The number of nitrogens with zero attached hydrogens (tertiary/aromatic N) is 18. The van der Waals surface area contributed by atoms with E-state index in [0.717, 1.165) is 43.2 Å². The van der Waals surface area contributed by atoms with E-state index in [1.54, 1.807) is 128 Å². The zero-order chi connectivity index (χ0) is 95.5. The second-order valence-corrected chi connectivity index (χ2v) is 28.0. The molecule has 4 amide bonds. The van der Waals surface area contributed by atoms with Crippen LogP contribution in [0.3, 0.4) is 0 Å². The minimum atomic E-state index is -4.59. The van der Waals surface area contributed by atoms with Crippen LogP contribution in [0, 0.1) is 5.21 Å². The molecule has 37 nitrogen and oxygen atoms in total. The van der Waals surface area contributed by atoms with Crippen molar-refractivity contribution in [3.05, 3.63) is 246 Å². The summed E-state index contributed by atoms with van der Waals surface area (Å²) in [4.78, 5) is 84.1. The summed E-state index contributed by atoms with van der Waals surface area (Å²) in [5.41, 5.74) is 0.797. The number of hydrogen-bond donors (Lipinski definition) is 10. The lowest BCUT2D eigenvalue weighted by molar-refractivity contribution is -0.873. The monoisotopic (exact) mass is 1840 g/mol. The van der Waals surface area contributed by atoms with Gasteiger partial charge in [0.25, 0.3) is 0 Å². The number of hydroxylamine groups is 2. The van der Waals surface area contributed by atoms with E-state index in [1.165, 1.54) is 80.3 Å². The molecule has 0 aliphatic rings. The highest BCUT2D eigenvalue weighted by Crippen LogP contribution is 2.36. The summed E-state index contributed by atoms with van der Waals surface area (Å²) >= 11 is 0. The summed E-state index contributed by atoms with van der Waals surface area (Å²) in [6.45, 7) is 9.45. The van der Waals surface area contributed by atoms with E-state index in [1.807, 2.05) is 82.0 Å². The quantitative estimate of drug-likeness (QED) is 0.0156. The number of ether oxygens (including phenoxy) is 4. The Morgan fingerprint density at radius 3 is 1.04 bits per heavy atom. The van der Waals surface area contributed by atoms with Crippen LogP contribution in [0.25, 0.3) is 43.6 Å². The summed E-state index contributed by atoms with van der Waals surface area (Å²) in [7, 11) is 12.2. The summed E-state index contributed by atoms with van der Waals surface area (Å²) in [6, 6.07) is 33.7. The second kappa shape index (κ2) is 42.3. The molecule has 690 valence electrons. The van der Waals surface area contributed by atoms with Crippen LogP contribution in [0.15, 0.2) is 196 Å². The Morgan fingerprint density at radius 1 is 0.417 bits per heavy atom. The molecule has 0 spiro atoms. The summed E-state index contributed by atoms with van der Waals surface area (Å²) in [6.07, 6.45) is -5.00. The van der Waals surface area contributed by atoms with Crippen LogP contribution >= 0.6 is 0 Å². The molecule has 4 aromatic carbocycles. The lowest BCUT2D eigenvalue weighted by Crippen LogP contribution is -3.04. The Hall–Kier alpha value is -16.1. The second-order valence-electron chi connectivity index (χ2n) is 28.0. The highest BCUT2D eigenvalue weighted by molar-refractivity contribution is 6.01. The zero-order valence-corrected chi connectivity index (χ0v) is 71.4. The van der Waals surface area contributed by atoms with Crippen LogP contribution in [0.1, 0.15) is 73.2 Å². The minimum Gasteiger partial charge on any atom is -0.634 e. The number of fused-ring (bicyclic) bond motifs is 4. The van der Waals surface area contributed by atoms with Crippen molar-refractivity contribution in [3.8, 4) is 46.5 Å². The fourth-order valence-electron chi connectivity index (χ4n) is 12.1. The van der Waals surface area contributed by atoms with Gasteiger partial charge < -0.3 is 39.4 Å². The van der Waals surface area contributed by atoms with Crippen molar-refractivity contribution in [1.29, 1.82) is 0 Å². The molecule has 12 heterocycles. The number of alkyl halides is 12. The molecule has 16 rings (SSSR count). The van der Waals surface area contributed by atoms with Gasteiger partial charge in [0.2, 0.25) is 23.5 Å². The molecule has 132 heavy (non-hydrogen) atoms. The predicted molar refractivity (Wildman–Crippen MR) is 456 cm³/mol. The smallest absolute Gasteiger partial charge is 0.433 e. The largest absolute Gasteiger partial charge is 0.634 e. The van der Waals surface area contributed by atoms with Crippen LogP contribution in [-0.4, -0.2) is 176 Å². The van der Waals surface area contributed by atoms with Gasteiger partial charge in [0.15, 0.2) is 29.5 Å². The van der Waals surface area contributed by atoms with Gasteiger partial charge in [-0.3, -0.25) is 59.5 Å². The first-order chi connectivity index (χ1) is 62.8. The van der Waals surface area contributed by atoms with Crippen LogP contribution in [-0.2, 0) is 51.4 Å². The number of hydrogen-bond acceptors (Lipinski definition) is 22. The average molecular weight is 1840 g/mol. The van der Waals surface area contributed by atoms with E-state index in [9.17, 15) is 77.1 Å². The van der Waals surface area contributed by atoms with Crippen molar-refractivity contribution in [3.63, 3.8) is 0 Å². The lowest BCUT2D eigenvalue weighted by Gasteiger charge is -2.15. The maximum absolute atomic E-state index is 13.0. The fourth-order valence-corrected chi connectivity index (χ4v) is 12.1. The molecule has 0 bridgehead atoms. The maximum Gasteiger partial charge on any atom is 0.433 e. The minimum absolute atomic E-state index is 0.0415. The van der Waals surface area contributed by atoms with Gasteiger partial charge >= 0.3 is 48.8 Å². The number of H-pyrrole nitrogens is 3. The van der Waals surface area contributed by atoms with Gasteiger partial charge in [-0.1, -0.05) is 27.7 Å². The SMILES string of the molecule is CC.CC.CNCc1cc(Oc2ccc3c(ccn3C(=O)Nc3cc(C(F)(F)F)[nH]n3)c2)ncn1.C[NH+](C)Cc1cc(Oc2ccc3c(ccn3C(=O)Nc3cc(C(F)(F)F)[nH]n3)c2)ncn1.C[NH+]([O-])Cc1cc(Oc2ccc3c(ccn3C(=O)Nc3cc(C(F)(F)F)[nH]n3)c2)ncn1.Cn1nc(NC(=O)n2ccc3cc(Oc4cc(C=[N+](C)C)ncn4)ccc32)cc1C(F)(F)F. The summed E-state index contributed by atoms with van der Waals surface area (Å²) < 4.78 is 184. The standard InChI is InChI=1S/C21H18F3N7O2.C20H18F3N7O2.C19H16F3N7O3.C19H16F3N7O2.2C2H6/c1-29(2)11-14-9-19(26-12-25-14)33-15-4-5-16-13(8-15)6-7-31(16)20(32)27-18-10-17(21(22,23)24)30(3)28-18;1-29(2)10-13-8-18(25-11-24-13)32-14-3-4-15-12(7-14)5-6-30(15)19(31)26-17-9-16(27-28-17)20(21,22)23;1-28(31)9-12-7-17(24-10-23-12)32-13-2-3-14-11(6-13)4-5-29(14)18(30)25-16-8-15(26-27-16)19(20,21)22;1-23-9-12-7-17(25-10-24-12)31-13-2-3-14-11(6-13)4-5-29(14)18(30)26-16-8-15(27-28-16)19(20,21)22;2*1-2/h4-12H,1-3H3;3-9,11H,10H2,1-2H3,(H2,26,27,28,31);2-8,10,28H,9H2,1H3,(H2,25,26,27,30);2-8,10,23H,9H2,1H3,(H2,26,27,28,30);2*1-2H3/p+2. The molecule has 0 aliphatic heterocycles. The molecule has 0 fully saturated rings. The number of nitrogens with one attached hydrogen (secondary N) is 10. The van der Waals surface area contributed by atoms with Gasteiger partial charge in [-0.25, -0.2) is 63.6 Å². The molecule has 0 aliphatic carbocycles. The van der Waals surface area contributed by atoms with Gasteiger partial charge in [-0.15, -0.1) is 0 Å². The van der Waals surface area contributed by atoms with Crippen molar-refractivity contribution in [2.75, 3.05) is 63.6 Å². The number of halogens is 12. The van der Waals surface area contributed by atoms with E-state index in [2.05, 4.69) is 86.9 Å². The highest BCUT2D eigenvalue weighted by Gasteiger charge is 2.37. The van der Waals surface area contributed by atoms with Crippen LogP contribution < -0.4 is 55.5 Å². The summed E-state index contributed by atoms with van der Waals surface area (Å²) in [5, 5.41) is 45.9. The Bertz CT molecular complexity index is 6520. The first kappa shape index (κ1) is 96.6. The van der Waals surface area contributed by atoms with Crippen LogP contribution in [0.5, 0.6) is 46.5 Å². The van der Waals surface area contributed by atoms with Gasteiger partial charge in [-0.2, -0.15) is 73.1 Å². The Labute approximate surface area is 739 Å². The van der Waals surface area contributed by atoms with Crippen molar-refractivity contribution in [1.82, 2.24) is 104 Å². The van der Waals surface area contributed by atoms with Crippen molar-refractivity contribution in [2.24, 2.45) is 7.05 Å². The molecule has 12 aromatic heterocycles. The molecule has 10 N–H and O–H groups in total. The summed E-state index contributed by atoms with van der Waals surface area (Å²) in [5.74, 6) is 2.39. The molecular formula is C83H82F12N28O9+2. The number of anilines is 4. The van der Waals surface area contributed by atoms with Gasteiger partial charge in [0.1, 0.15) is 115 Å². The van der Waals surface area contributed by atoms with Crippen LogP contribution in [0.4, 0.5) is 95.1 Å². The first-order valence-electron chi connectivity index (χ1n) is 39.4. The van der Waals surface area contributed by atoms with Crippen molar-refractivity contribution >= 4 is 97.2 Å². The normalized spacial score (nSPS) is 11.6. The molecular weight excluding hydrogens is 1760 g/mol. The maximum atomic E-state index is 13.0. The van der Waals surface area contributed by atoms with E-state index >= 15 is 0 Å². The molecule has 1 unspecified atom stereocenters. The third kappa shape index (κ3) is 25.7. The molecule has 1 atom stereocenters. The zero-order valence-electron chi connectivity index (χ0n) is 71.4. The number of carbonyl (C=O) groups is 4. The van der Waals surface area contributed by atoms with Crippen molar-refractivity contribution in [2.45, 2.75) is 72.0 Å². The van der Waals surface area contributed by atoms with E-state index in [0.29, 0.717) is 113 Å². The molecule has 49 heteroatoms. The first-order valence-corrected chi connectivity index (χ1v) is 39.4. The number of aryl methyl sites for hydroxylation is 1. The van der Waals surface area contributed by atoms with Gasteiger partial charge in [0.05, 0.1) is 48.9 Å². The number of amides is 4. The van der Waals surface area contributed by atoms with Gasteiger partial charge in [0, 0.05) is 108 Å². The topological polar surface area (TPSA) is 427 Å². The third-order valence-electron chi connectivity index (χ3n) is 17.6. The predicted octanol–water partition coefficient (Wildman–Crippen LogP) is 14.8. The Balaban J connectivity index is 0.000000168. The number of benzene rings is 4. The number of quaternary nitrogens is 2. The van der Waals surface area contributed by atoms with E-state index in [-0.39, 0.29) is 40.8 Å². The third-order valence-corrected chi connectivity index (χ3v) is 17.6. The molecule has 16 aromatic rings. The van der Waals surface area contributed by atoms with E-state index < -0.39 is 71.6 Å². The lowest BCUT2D eigenvalue weighted by atomic mass is 10.2. The molecule has 0 saturated carbocycles.